The van der Waals surface area contributed by atoms with E-state index in [1.807, 2.05) is 6.20 Å². The first-order chi connectivity index (χ1) is 8.90. The molecule has 1 aromatic heterocycles. The summed E-state index contributed by atoms with van der Waals surface area (Å²) in [7, 11) is 0. The van der Waals surface area contributed by atoms with Gasteiger partial charge in [0.25, 0.3) is 0 Å². The lowest BCUT2D eigenvalue weighted by Crippen LogP contribution is -1.98. The van der Waals surface area contributed by atoms with E-state index in [-0.39, 0.29) is 0 Å². The molecule has 0 aliphatic carbocycles. The molecule has 0 aliphatic rings. The van der Waals surface area contributed by atoms with Crippen LogP contribution in [-0.4, -0.2) is 22.8 Å². The normalized spacial score (nSPS) is 10.7. The summed E-state index contributed by atoms with van der Waals surface area (Å²) in [5.74, 6) is 0. The van der Waals surface area contributed by atoms with Gasteiger partial charge in [-0.25, -0.2) is 4.98 Å². The van der Waals surface area contributed by atoms with Gasteiger partial charge < -0.3 is 9.72 Å². The summed E-state index contributed by atoms with van der Waals surface area (Å²) in [6, 6.07) is 8.38. The predicted molar refractivity (Wildman–Crippen MR) is 74.8 cm³/mol. The van der Waals surface area contributed by atoms with Crippen molar-refractivity contribution in [2.45, 2.75) is 24.3 Å². The number of aromatic nitrogens is 2. The molecule has 0 saturated heterocycles. The molecular formula is C14H18N2OS. The molecule has 2 rings (SSSR count). The number of imidazole rings is 1. The number of aryl methyl sites for hydroxylation is 1. The molecule has 3 nitrogen and oxygen atoms in total. The van der Waals surface area contributed by atoms with Crippen molar-refractivity contribution in [3.8, 4) is 0 Å². The maximum atomic E-state index is 5.71. The number of ether oxygens (including phenoxy) is 1. The van der Waals surface area contributed by atoms with Gasteiger partial charge in [0.1, 0.15) is 0 Å². The summed E-state index contributed by atoms with van der Waals surface area (Å²) in [5, 5.41) is 0. The first kappa shape index (κ1) is 13.2. The number of aromatic amines is 1. The molecule has 0 aliphatic heterocycles. The standard InChI is InChI=1S/C14H18N2OS/c1-18-14-7-3-2-5-12(14)10-17-8-4-6-13-9-15-11-16-13/h2-3,5,7,9,11H,4,6,8,10H2,1H3,(H,15,16). The third-order valence-electron chi connectivity index (χ3n) is 2.74. The van der Waals surface area contributed by atoms with Gasteiger partial charge in [0, 0.05) is 23.4 Å². The van der Waals surface area contributed by atoms with E-state index in [1.54, 1.807) is 18.1 Å². The fourth-order valence-corrected chi connectivity index (χ4v) is 2.39. The third kappa shape index (κ3) is 3.89. The summed E-state index contributed by atoms with van der Waals surface area (Å²) in [5.41, 5.74) is 2.44. The van der Waals surface area contributed by atoms with E-state index in [0.29, 0.717) is 6.61 Å². The van der Waals surface area contributed by atoms with Crippen LogP contribution < -0.4 is 0 Å². The van der Waals surface area contributed by atoms with E-state index in [4.69, 9.17) is 4.74 Å². The molecule has 0 unspecified atom stereocenters. The minimum absolute atomic E-state index is 0.694. The summed E-state index contributed by atoms with van der Waals surface area (Å²) < 4.78 is 5.71. The van der Waals surface area contributed by atoms with Crippen molar-refractivity contribution < 1.29 is 4.74 Å². The van der Waals surface area contributed by atoms with Crippen LogP contribution in [0.1, 0.15) is 17.7 Å². The van der Waals surface area contributed by atoms with Crippen molar-refractivity contribution in [2.75, 3.05) is 12.9 Å². The van der Waals surface area contributed by atoms with Crippen LogP contribution in [0.5, 0.6) is 0 Å². The van der Waals surface area contributed by atoms with Crippen LogP contribution in [0.4, 0.5) is 0 Å². The van der Waals surface area contributed by atoms with E-state index >= 15 is 0 Å². The van der Waals surface area contributed by atoms with E-state index in [0.717, 1.165) is 19.4 Å². The van der Waals surface area contributed by atoms with Crippen LogP contribution in [0, 0.1) is 0 Å². The van der Waals surface area contributed by atoms with Gasteiger partial charge >= 0.3 is 0 Å². The average Bonchev–Trinajstić information content (AvgIpc) is 2.92. The third-order valence-corrected chi connectivity index (χ3v) is 3.58. The van der Waals surface area contributed by atoms with Gasteiger partial charge in [0.05, 0.1) is 12.9 Å². The molecule has 1 N–H and O–H groups in total. The molecule has 0 saturated carbocycles. The zero-order valence-corrected chi connectivity index (χ0v) is 11.4. The zero-order chi connectivity index (χ0) is 12.6. The van der Waals surface area contributed by atoms with Crippen LogP contribution in [0.25, 0.3) is 0 Å². The number of H-pyrrole nitrogens is 1. The smallest absolute Gasteiger partial charge is 0.0921 e. The second-order valence-electron chi connectivity index (χ2n) is 4.04. The van der Waals surface area contributed by atoms with Crippen molar-refractivity contribution in [3.63, 3.8) is 0 Å². The molecule has 0 radical (unpaired) electrons. The first-order valence-electron chi connectivity index (χ1n) is 6.07. The van der Waals surface area contributed by atoms with Crippen LogP contribution in [0.15, 0.2) is 41.7 Å². The molecule has 0 amide bonds. The maximum Gasteiger partial charge on any atom is 0.0921 e. The Balaban J connectivity index is 1.69. The lowest BCUT2D eigenvalue weighted by molar-refractivity contribution is 0.117. The highest BCUT2D eigenvalue weighted by Gasteiger charge is 2.00. The monoisotopic (exact) mass is 262 g/mol. The van der Waals surface area contributed by atoms with Crippen LogP contribution >= 0.6 is 11.8 Å². The first-order valence-corrected chi connectivity index (χ1v) is 7.29. The Hall–Kier alpha value is -1.26. The SMILES string of the molecule is CSc1ccccc1COCCCc1cnc[nH]1. The van der Waals surface area contributed by atoms with Crippen molar-refractivity contribution in [1.82, 2.24) is 9.97 Å². The minimum atomic E-state index is 0.694. The van der Waals surface area contributed by atoms with Crippen molar-refractivity contribution >= 4 is 11.8 Å². The molecule has 0 spiro atoms. The molecule has 0 bridgehead atoms. The second-order valence-corrected chi connectivity index (χ2v) is 4.89. The van der Waals surface area contributed by atoms with E-state index in [9.17, 15) is 0 Å². The summed E-state index contributed by atoms with van der Waals surface area (Å²) in [6.07, 6.45) is 7.68. The quantitative estimate of drug-likeness (QED) is 0.614. The van der Waals surface area contributed by atoms with E-state index < -0.39 is 0 Å². The number of benzene rings is 1. The Morgan fingerprint density at radius 3 is 3.00 bits per heavy atom. The van der Waals surface area contributed by atoms with Crippen molar-refractivity contribution in [1.29, 1.82) is 0 Å². The van der Waals surface area contributed by atoms with Crippen molar-refractivity contribution in [3.05, 3.63) is 48.0 Å². The van der Waals surface area contributed by atoms with Gasteiger partial charge in [-0.1, -0.05) is 18.2 Å². The van der Waals surface area contributed by atoms with Crippen LogP contribution in [-0.2, 0) is 17.8 Å². The molecule has 2 aromatic rings. The van der Waals surface area contributed by atoms with Gasteiger partial charge in [-0.05, 0) is 30.7 Å². The summed E-state index contributed by atoms with van der Waals surface area (Å²) >= 11 is 1.76. The number of hydrogen-bond acceptors (Lipinski definition) is 3. The van der Waals surface area contributed by atoms with Crippen LogP contribution in [0.2, 0.25) is 0 Å². The van der Waals surface area contributed by atoms with Gasteiger partial charge in [-0.15, -0.1) is 11.8 Å². The lowest BCUT2D eigenvalue weighted by atomic mass is 10.2. The molecule has 0 atom stereocenters. The molecule has 18 heavy (non-hydrogen) atoms. The minimum Gasteiger partial charge on any atom is -0.377 e. The Labute approximate surface area is 112 Å². The fraction of sp³-hybridized carbons (Fsp3) is 0.357. The van der Waals surface area contributed by atoms with Crippen molar-refractivity contribution in [2.24, 2.45) is 0 Å². The number of rotatable bonds is 7. The van der Waals surface area contributed by atoms with E-state index in [2.05, 4.69) is 40.5 Å². The molecule has 1 aromatic carbocycles. The number of nitrogens with zero attached hydrogens (tertiary/aromatic N) is 1. The Bertz CT molecular complexity index is 457. The number of hydrogen-bond donors (Lipinski definition) is 1. The molecule has 4 heteroatoms. The largest absolute Gasteiger partial charge is 0.377 e. The highest BCUT2D eigenvalue weighted by molar-refractivity contribution is 7.98. The Morgan fingerprint density at radius 1 is 1.33 bits per heavy atom. The van der Waals surface area contributed by atoms with Gasteiger partial charge in [0.15, 0.2) is 0 Å². The summed E-state index contributed by atoms with van der Waals surface area (Å²) in [4.78, 5) is 8.38. The topological polar surface area (TPSA) is 37.9 Å². The number of thioether (sulfide) groups is 1. The van der Waals surface area contributed by atoms with Gasteiger partial charge in [-0.2, -0.15) is 0 Å². The molecular weight excluding hydrogens is 244 g/mol. The van der Waals surface area contributed by atoms with Gasteiger partial charge in [-0.3, -0.25) is 0 Å². The number of nitrogens with one attached hydrogen (secondary N) is 1. The highest BCUT2D eigenvalue weighted by Crippen LogP contribution is 2.20. The van der Waals surface area contributed by atoms with Gasteiger partial charge in [0.2, 0.25) is 0 Å². The predicted octanol–water partition coefficient (Wildman–Crippen LogP) is 3.28. The second kappa shape index (κ2) is 7.24. The maximum absolute atomic E-state index is 5.71. The fourth-order valence-electron chi connectivity index (χ4n) is 1.79. The molecule has 1 heterocycles. The van der Waals surface area contributed by atoms with Crippen LogP contribution in [0.3, 0.4) is 0 Å². The summed E-state index contributed by atoms with van der Waals surface area (Å²) in [6.45, 7) is 1.47. The Morgan fingerprint density at radius 2 is 2.22 bits per heavy atom. The lowest BCUT2D eigenvalue weighted by Gasteiger charge is -2.07. The average molecular weight is 262 g/mol. The molecule has 0 fully saturated rings. The highest BCUT2D eigenvalue weighted by atomic mass is 32.2. The zero-order valence-electron chi connectivity index (χ0n) is 10.6. The molecule has 96 valence electrons. The van der Waals surface area contributed by atoms with E-state index in [1.165, 1.54) is 16.2 Å². The Kier molecular flexibility index (Phi) is 5.30.